The van der Waals surface area contributed by atoms with Crippen LogP contribution < -0.4 is 14.8 Å². The van der Waals surface area contributed by atoms with E-state index in [1.54, 1.807) is 48.5 Å². The minimum absolute atomic E-state index is 0.230. The van der Waals surface area contributed by atoms with E-state index in [1.807, 2.05) is 0 Å². The van der Waals surface area contributed by atoms with Gasteiger partial charge in [0.2, 0.25) is 0 Å². The van der Waals surface area contributed by atoms with E-state index in [4.69, 9.17) is 9.47 Å². The summed E-state index contributed by atoms with van der Waals surface area (Å²) in [7, 11) is 3.04. The van der Waals surface area contributed by atoms with Gasteiger partial charge in [-0.3, -0.25) is 4.79 Å². The lowest BCUT2D eigenvalue weighted by Crippen LogP contribution is -2.33. The number of carbonyl (C=O) groups is 2. The molecule has 0 radical (unpaired) electrons. The molecule has 134 valence electrons. The van der Waals surface area contributed by atoms with Crippen LogP contribution in [0, 0.1) is 0 Å². The van der Waals surface area contributed by atoms with Gasteiger partial charge in [-0.1, -0.05) is 30.3 Å². The first-order chi connectivity index (χ1) is 12.5. The van der Waals surface area contributed by atoms with E-state index in [9.17, 15) is 14.7 Å². The number of carboxylic acids is 1. The Morgan fingerprint density at radius 2 is 1.81 bits per heavy atom. The second-order valence-electron chi connectivity index (χ2n) is 5.60. The molecule has 0 saturated heterocycles. The van der Waals surface area contributed by atoms with E-state index >= 15 is 0 Å². The molecule has 0 aliphatic rings. The van der Waals surface area contributed by atoms with E-state index in [-0.39, 0.29) is 5.69 Å². The Kier molecular flexibility index (Phi) is 4.79. The average molecular weight is 354 g/mol. The average Bonchev–Trinajstić information content (AvgIpc) is 3.09. The Morgan fingerprint density at radius 1 is 1.08 bits per heavy atom. The molecule has 3 aromatic rings. The van der Waals surface area contributed by atoms with Crippen molar-refractivity contribution in [1.82, 2.24) is 10.3 Å². The van der Waals surface area contributed by atoms with Gasteiger partial charge in [0.05, 0.1) is 19.7 Å². The van der Waals surface area contributed by atoms with Crippen LogP contribution in [0.3, 0.4) is 0 Å². The molecule has 1 atom stereocenters. The van der Waals surface area contributed by atoms with Crippen molar-refractivity contribution in [1.29, 1.82) is 0 Å². The number of aliphatic carboxylic acids is 1. The molecule has 3 N–H and O–H groups in total. The highest BCUT2D eigenvalue weighted by Crippen LogP contribution is 2.35. The lowest BCUT2D eigenvalue weighted by Gasteiger charge is -2.14. The van der Waals surface area contributed by atoms with Gasteiger partial charge in [0.15, 0.2) is 17.5 Å². The molecule has 0 saturated carbocycles. The van der Waals surface area contributed by atoms with Gasteiger partial charge in [-0.05, 0) is 23.8 Å². The number of rotatable bonds is 6. The summed E-state index contributed by atoms with van der Waals surface area (Å²) in [4.78, 5) is 27.1. The number of carbonyl (C=O) groups excluding carboxylic acids is 1. The maximum absolute atomic E-state index is 12.6. The molecule has 0 aliphatic carbocycles. The number of aromatic nitrogens is 1. The number of H-pyrrole nitrogens is 1. The molecule has 0 bridgehead atoms. The zero-order chi connectivity index (χ0) is 18.7. The quantitative estimate of drug-likeness (QED) is 0.632. The fourth-order valence-corrected chi connectivity index (χ4v) is 2.79. The number of ether oxygens (including phenoxy) is 2. The Labute approximate surface area is 149 Å². The highest BCUT2D eigenvalue weighted by atomic mass is 16.5. The molecular weight excluding hydrogens is 336 g/mol. The summed E-state index contributed by atoms with van der Waals surface area (Å²) in [5.41, 5.74) is 1.40. The van der Waals surface area contributed by atoms with Crippen LogP contribution in [-0.4, -0.2) is 36.2 Å². The Bertz CT molecular complexity index is 949. The SMILES string of the molecule is COc1ccc2[nH]c(C(=O)N[C@H](C(=O)O)c3ccccc3)cc2c1OC. The van der Waals surface area contributed by atoms with Gasteiger partial charge in [-0.15, -0.1) is 0 Å². The minimum Gasteiger partial charge on any atom is -0.493 e. The van der Waals surface area contributed by atoms with Gasteiger partial charge >= 0.3 is 5.97 Å². The molecule has 7 nitrogen and oxygen atoms in total. The van der Waals surface area contributed by atoms with E-state index < -0.39 is 17.9 Å². The van der Waals surface area contributed by atoms with Gasteiger partial charge in [-0.25, -0.2) is 4.79 Å². The summed E-state index contributed by atoms with van der Waals surface area (Å²) in [6, 6.07) is 12.5. The van der Waals surface area contributed by atoms with Crippen LogP contribution in [-0.2, 0) is 4.79 Å². The van der Waals surface area contributed by atoms with E-state index in [0.717, 1.165) is 0 Å². The number of amides is 1. The Balaban J connectivity index is 1.93. The molecule has 0 fully saturated rings. The largest absolute Gasteiger partial charge is 0.493 e. The summed E-state index contributed by atoms with van der Waals surface area (Å²) in [5.74, 6) is -0.629. The first-order valence-electron chi connectivity index (χ1n) is 7.87. The maximum Gasteiger partial charge on any atom is 0.330 e. The van der Waals surface area contributed by atoms with Crippen LogP contribution in [0.1, 0.15) is 22.1 Å². The molecule has 1 aromatic heterocycles. The molecule has 3 rings (SSSR count). The van der Waals surface area contributed by atoms with Crippen LogP contribution in [0.5, 0.6) is 11.5 Å². The van der Waals surface area contributed by atoms with Crippen LogP contribution in [0.2, 0.25) is 0 Å². The zero-order valence-electron chi connectivity index (χ0n) is 14.3. The summed E-state index contributed by atoms with van der Waals surface area (Å²) >= 11 is 0. The van der Waals surface area contributed by atoms with Crippen molar-refractivity contribution >= 4 is 22.8 Å². The monoisotopic (exact) mass is 354 g/mol. The Morgan fingerprint density at radius 3 is 2.42 bits per heavy atom. The number of benzene rings is 2. The van der Waals surface area contributed by atoms with Crippen molar-refractivity contribution in [3.63, 3.8) is 0 Å². The van der Waals surface area contributed by atoms with Crippen molar-refractivity contribution in [3.05, 3.63) is 59.8 Å². The van der Waals surface area contributed by atoms with Crippen molar-refractivity contribution < 1.29 is 24.2 Å². The lowest BCUT2D eigenvalue weighted by molar-refractivity contribution is -0.139. The smallest absolute Gasteiger partial charge is 0.330 e. The molecule has 2 aromatic carbocycles. The molecular formula is C19H18N2O5. The first kappa shape index (κ1) is 17.3. The molecule has 7 heteroatoms. The van der Waals surface area contributed by atoms with Crippen LogP contribution >= 0.6 is 0 Å². The second kappa shape index (κ2) is 7.18. The third-order valence-corrected chi connectivity index (χ3v) is 4.04. The van der Waals surface area contributed by atoms with Crippen molar-refractivity contribution in [3.8, 4) is 11.5 Å². The fourth-order valence-electron chi connectivity index (χ4n) is 2.79. The normalized spacial score (nSPS) is 11.8. The predicted molar refractivity (Wildman–Crippen MR) is 95.7 cm³/mol. The number of nitrogens with one attached hydrogen (secondary N) is 2. The van der Waals surface area contributed by atoms with Crippen molar-refractivity contribution in [2.24, 2.45) is 0 Å². The summed E-state index contributed by atoms with van der Waals surface area (Å²) in [6.07, 6.45) is 0. The molecule has 0 unspecified atom stereocenters. The maximum atomic E-state index is 12.6. The highest BCUT2D eigenvalue weighted by molar-refractivity contribution is 6.01. The highest BCUT2D eigenvalue weighted by Gasteiger charge is 2.24. The first-order valence-corrected chi connectivity index (χ1v) is 7.87. The third-order valence-electron chi connectivity index (χ3n) is 4.04. The van der Waals surface area contributed by atoms with Crippen molar-refractivity contribution in [2.45, 2.75) is 6.04 Å². The zero-order valence-corrected chi connectivity index (χ0v) is 14.3. The summed E-state index contributed by atoms with van der Waals surface area (Å²) in [5, 5.41) is 12.7. The molecule has 1 heterocycles. The molecule has 1 amide bonds. The van der Waals surface area contributed by atoms with E-state index in [1.165, 1.54) is 14.2 Å². The summed E-state index contributed by atoms with van der Waals surface area (Å²) < 4.78 is 10.6. The number of hydrogen-bond donors (Lipinski definition) is 3. The van der Waals surface area contributed by atoms with Crippen LogP contribution in [0.15, 0.2) is 48.5 Å². The number of fused-ring (bicyclic) bond motifs is 1. The van der Waals surface area contributed by atoms with Gasteiger partial charge in [0.25, 0.3) is 5.91 Å². The van der Waals surface area contributed by atoms with E-state index in [2.05, 4.69) is 10.3 Å². The lowest BCUT2D eigenvalue weighted by atomic mass is 10.1. The number of aromatic amines is 1. The number of methoxy groups -OCH3 is 2. The minimum atomic E-state index is -1.15. The second-order valence-corrected chi connectivity index (χ2v) is 5.60. The standard InChI is InChI=1S/C19H18N2O5/c1-25-15-9-8-13-12(17(15)26-2)10-14(20-13)18(22)21-16(19(23)24)11-6-4-3-5-7-11/h3-10,16,20H,1-2H3,(H,21,22)(H,23,24)/t16-/m0/s1. The van der Waals surface area contributed by atoms with Gasteiger partial charge in [0.1, 0.15) is 5.69 Å². The fraction of sp³-hybridized carbons (Fsp3) is 0.158. The number of carboxylic acid groups (broad SMARTS) is 1. The van der Waals surface area contributed by atoms with Gasteiger partial charge in [0, 0.05) is 5.39 Å². The molecule has 26 heavy (non-hydrogen) atoms. The summed E-state index contributed by atoms with van der Waals surface area (Å²) in [6.45, 7) is 0. The van der Waals surface area contributed by atoms with Crippen LogP contribution in [0.25, 0.3) is 10.9 Å². The third kappa shape index (κ3) is 3.19. The Hall–Kier alpha value is -3.48. The van der Waals surface area contributed by atoms with Crippen LogP contribution in [0.4, 0.5) is 0 Å². The predicted octanol–water partition coefficient (Wildman–Crippen LogP) is 2.74. The van der Waals surface area contributed by atoms with E-state index in [0.29, 0.717) is 28.0 Å². The molecule has 0 aliphatic heterocycles. The number of hydrogen-bond acceptors (Lipinski definition) is 4. The van der Waals surface area contributed by atoms with Gasteiger partial charge < -0.3 is 24.9 Å². The van der Waals surface area contributed by atoms with Crippen molar-refractivity contribution in [2.75, 3.05) is 14.2 Å². The molecule has 0 spiro atoms. The van der Waals surface area contributed by atoms with Gasteiger partial charge in [-0.2, -0.15) is 0 Å². The topological polar surface area (TPSA) is 101 Å².